The summed E-state index contributed by atoms with van der Waals surface area (Å²) in [7, 11) is 1.64. The number of nitrogen functional groups attached to an aromatic ring is 1. The fourth-order valence-electron chi connectivity index (χ4n) is 2.36. The van der Waals surface area contributed by atoms with Gasteiger partial charge in [-0.1, -0.05) is 23.7 Å². The first-order valence-corrected chi connectivity index (χ1v) is 8.84. The summed E-state index contributed by atoms with van der Waals surface area (Å²) in [4.78, 5) is 9.15. The molecule has 2 aromatic carbocycles. The fourth-order valence-corrected chi connectivity index (χ4v) is 3.09. The van der Waals surface area contributed by atoms with Gasteiger partial charge in [-0.2, -0.15) is 0 Å². The van der Waals surface area contributed by atoms with E-state index in [-0.39, 0.29) is 0 Å². The van der Waals surface area contributed by atoms with Crippen molar-refractivity contribution in [3.63, 3.8) is 0 Å². The monoisotopic (exact) mass is 357 g/mol. The molecule has 0 aliphatic rings. The Bertz CT molecular complexity index is 851. The number of hydrogen-bond donors (Lipinski definition) is 1. The summed E-state index contributed by atoms with van der Waals surface area (Å²) < 4.78 is 5.20. The molecule has 0 aliphatic heterocycles. The van der Waals surface area contributed by atoms with Crippen LogP contribution in [0.4, 0.5) is 5.82 Å². The van der Waals surface area contributed by atoms with Crippen LogP contribution in [0, 0.1) is 0 Å². The zero-order valence-electron chi connectivity index (χ0n) is 13.3. The van der Waals surface area contributed by atoms with E-state index in [9.17, 15) is 0 Å². The third kappa shape index (κ3) is 3.32. The van der Waals surface area contributed by atoms with E-state index in [1.54, 1.807) is 7.11 Å². The molecule has 6 heteroatoms. The van der Waals surface area contributed by atoms with Gasteiger partial charge in [0.25, 0.3) is 0 Å². The minimum Gasteiger partial charge on any atom is -0.497 e. The lowest BCUT2D eigenvalue weighted by atomic mass is 10.1. The van der Waals surface area contributed by atoms with E-state index in [1.165, 1.54) is 11.8 Å². The Morgan fingerprint density at radius 3 is 2.17 bits per heavy atom. The Morgan fingerprint density at radius 2 is 1.58 bits per heavy atom. The van der Waals surface area contributed by atoms with Gasteiger partial charge >= 0.3 is 0 Å². The number of anilines is 1. The molecule has 0 bridgehead atoms. The lowest BCUT2D eigenvalue weighted by Crippen LogP contribution is -2.02. The standard InChI is InChI=1S/C18H16ClN3OS/c1-23-14-9-5-11(6-10-14)15-16(20)21-17(22-18(15)24-2)12-3-7-13(19)8-4-12/h3-10H,1-2H3,(H2,20,21,22). The van der Waals surface area contributed by atoms with Crippen LogP contribution in [0.25, 0.3) is 22.5 Å². The van der Waals surface area contributed by atoms with Gasteiger partial charge in [-0.15, -0.1) is 11.8 Å². The summed E-state index contributed by atoms with van der Waals surface area (Å²) in [6, 6.07) is 15.1. The lowest BCUT2D eigenvalue weighted by Gasteiger charge is -2.12. The van der Waals surface area contributed by atoms with Gasteiger partial charge in [0.1, 0.15) is 16.6 Å². The highest BCUT2D eigenvalue weighted by atomic mass is 35.5. The van der Waals surface area contributed by atoms with Crippen LogP contribution in [0.1, 0.15) is 0 Å². The predicted octanol–water partition coefficient (Wildman–Crippen LogP) is 4.78. The molecule has 0 fully saturated rings. The maximum Gasteiger partial charge on any atom is 0.162 e. The molecule has 0 spiro atoms. The lowest BCUT2D eigenvalue weighted by molar-refractivity contribution is 0.415. The number of halogens is 1. The van der Waals surface area contributed by atoms with Crippen molar-refractivity contribution < 1.29 is 4.74 Å². The Morgan fingerprint density at radius 1 is 0.958 bits per heavy atom. The van der Waals surface area contributed by atoms with Gasteiger partial charge in [-0.05, 0) is 48.2 Å². The maximum atomic E-state index is 6.25. The highest BCUT2D eigenvalue weighted by molar-refractivity contribution is 7.98. The molecule has 0 unspecified atom stereocenters. The third-order valence-corrected chi connectivity index (χ3v) is 4.51. The summed E-state index contributed by atoms with van der Waals surface area (Å²) in [5.41, 5.74) is 8.92. The Kier molecular flexibility index (Phi) is 4.92. The molecule has 3 aromatic rings. The molecule has 0 atom stereocenters. The fraction of sp³-hybridized carbons (Fsp3) is 0.111. The smallest absolute Gasteiger partial charge is 0.162 e. The number of methoxy groups -OCH3 is 1. The second kappa shape index (κ2) is 7.11. The number of hydrogen-bond acceptors (Lipinski definition) is 5. The second-order valence-corrected chi connectivity index (χ2v) is 6.28. The van der Waals surface area contributed by atoms with Gasteiger partial charge < -0.3 is 10.5 Å². The van der Waals surface area contributed by atoms with Crippen LogP contribution in [0.3, 0.4) is 0 Å². The summed E-state index contributed by atoms with van der Waals surface area (Å²) in [5, 5.41) is 1.50. The molecule has 0 saturated carbocycles. The molecule has 1 heterocycles. The first-order valence-electron chi connectivity index (χ1n) is 7.24. The van der Waals surface area contributed by atoms with Crippen molar-refractivity contribution in [1.29, 1.82) is 0 Å². The average Bonchev–Trinajstić information content (AvgIpc) is 2.61. The van der Waals surface area contributed by atoms with Crippen molar-refractivity contribution in [2.45, 2.75) is 5.03 Å². The Balaban J connectivity index is 2.09. The highest BCUT2D eigenvalue weighted by Crippen LogP contribution is 2.35. The van der Waals surface area contributed by atoms with Gasteiger partial charge in [0.15, 0.2) is 5.82 Å². The zero-order chi connectivity index (χ0) is 17.1. The van der Waals surface area contributed by atoms with Crippen molar-refractivity contribution in [3.05, 3.63) is 53.6 Å². The number of benzene rings is 2. The molecule has 0 saturated heterocycles. The van der Waals surface area contributed by atoms with E-state index in [1.807, 2.05) is 54.8 Å². The molecule has 2 N–H and O–H groups in total. The van der Waals surface area contributed by atoms with Crippen LogP contribution in [0.2, 0.25) is 5.02 Å². The van der Waals surface area contributed by atoms with Gasteiger partial charge in [0.05, 0.1) is 12.7 Å². The van der Waals surface area contributed by atoms with Crippen LogP contribution < -0.4 is 10.5 Å². The summed E-state index contributed by atoms with van der Waals surface area (Å²) >= 11 is 7.48. The van der Waals surface area contributed by atoms with Crippen molar-refractivity contribution >= 4 is 29.2 Å². The second-order valence-electron chi connectivity index (χ2n) is 5.05. The Labute approximate surface area is 150 Å². The molecule has 1 aromatic heterocycles. The number of nitrogens with zero attached hydrogens (tertiary/aromatic N) is 2. The first-order chi connectivity index (χ1) is 11.6. The molecular weight excluding hydrogens is 342 g/mol. The van der Waals surface area contributed by atoms with Crippen LogP contribution in [-0.2, 0) is 0 Å². The van der Waals surface area contributed by atoms with Gasteiger partial charge in [0, 0.05) is 10.6 Å². The molecule has 0 radical (unpaired) electrons. The third-order valence-electron chi connectivity index (χ3n) is 3.58. The van der Waals surface area contributed by atoms with E-state index < -0.39 is 0 Å². The number of rotatable bonds is 4. The topological polar surface area (TPSA) is 61.0 Å². The van der Waals surface area contributed by atoms with Crippen LogP contribution in [0.15, 0.2) is 53.6 Å². The van der Waals surface area contributed by atoms with E-state index >= 15 is 0 Å². The van der Waals surface area contributed by atoms with Crippen molar-refractivity contribution in [1.82, 2.24) is 9.97 Å². The molecule has 3 rings (SSSR count). The first kappa shape index (κ1) is 16.6. The van der Waals surface area contributed by atoms with Crippen LogP contribution in [-0.4, -0.2) is 23.3 Å². The predicted molar refractivity (Wildman–Crippen MR) is 101 cm³/mol. The van der Waals surface area contributed by atoms with E-state index in [0.29, 0.717) is 16.7 Å². The van der Waals surface area contributed by atoms with Gasteiger partial charge in [0.2, 0.25) is 0 Å². The van der Waals surface area contributed by atoms with Crippen molar-refractivity contribution in [3.8, 4) is 28.3 Å². The molecule has 0 aliphatic carbocycles. The zero-order valence-corrected chi connectivity index (χ0v) is 14.9. The number of thioether (sulfide) groups is 1. The summed E-state index contributed by atoms with van der Waals surface area (Å²) in [5.74, 6) is 1.83. The number of aromatic nitrogens is 2. The molecule has 24 heavy (non-hydrogen) atoms. The maximum absolute atomic E-state index is 6.25. The molecule has 122 valence electrons. The van der Waals surface area contributed by atoms with E-state index in [0.717, 1.165) is 27.5 Å². The van der Waals surface area contributed by atoms with Gasteiger partial charge in [-0.25, -0.2) is 9.97 Å². The summed E-state index contributed by atoms with van der Waals surface area (Å²) in [6.45, 7) is 0. The molecule has 4 nitrogen and oxygen atoms in total. The largest absolute Gasteiger partial charge is 0.497 e. The van der Waals surface area contributed by atoms with E-state index in [2.05, 4.69) is 9.97 Å². The minimum atomic E-state index is 0.449. The number of ether oxygens (including phenoxy) is 1. The number of nitrogens with two attached hydrogens (primary N) is 1. The minimum absolute atomic E-state index is 0.449. The van der Waals surface area contributed by atoms with Crippen LogP contribution in [0.5, 0.6) is 5.75 Å². The summed E-state index contributed by atoms with van der Waals surface area (Å²) in [6.07, 6.45) is 1.97. The normalized spacial score (nSPS) is 10.6. The van der Waals surface area contributed by atoms with Gasteiger partial charge in [-0.3, -0.25) is 0 Å². The average molecular weight is 358 g/mol. The quantitative estimate of drug-likeness (QED) is 0.538. The molecular formula is C18H16ClN3OS. The van der Waals surface area contributed by atoms with Crippen LogP contribution >= 0.6 is 23.4 Å². The highest BCUT2D eigenvalue weighted by Gasteiger charge is 2.15. The Hall–Kier alpha value is -2.24. The van der Waals surface area contributed by atoms with Crippen molar-refractivity contribution in [2.75, 3.05) is 19.1 Å². The SMILES string of the molecule is COc1ccc(-c2c(N)nc(-c3ccc(Cl)cc3)nc2SC)cc1. The molecule has 0 amide bonds. The van der Waals surface area contributed by atoms with Crippen molar-refractivity contribution in [2.24, 2.45) is 0 Å². The van der Waals surface area contributed by atoms with E-state index in [4.69, 9.17) is 22.1 Å².